The quantitative estimate of drug-likeness (QED) is 0.438. The highest BCUT2D eigenvalue weighted by atomic mass is 32.1. The van der Waals surface area contributed by atoms with Crippen molar-refractivity contribution in [1.29, 1.82) is 0 Å². The van der Waals surface area contributed by atoms with Crippen molar-refractivity contribution >= 4 is 23.8 Å². The number of hydrogen-bond donors (Lipinski definition) is 2. The second-order valence-corrected chi connectivity index (χ2v) is 13.0. The van der Waals surface area contributed by atoms with Gasteiger partial charge in [0, 0.05) is 42.0 Å². The maximum atomic E-state index is 12.9. The monoisotopic (exact) mass is 568 g/mol. The van der Waals surface area contributed by atoms with E-state index < -0.39 is 17.3 Å². The fourth-order valence-corrected chi connectivity index (χ4v) is 5.37. The molecule has 7 nitrogen and oxygen atoms in total. The van der Waals surface area contributed by atoms with Gasteiger partial charge in [-0.05, 0) is 51.7 Å². The zero-order valence-electron chi connectivity index (χ0n) is 23.6. The minimum absolute atomic E-state index is 0.0525. The number of alkyl halides is 3. The SMILES string of the molecule is CC(NC(=O)OC(C)(C)C)C(C)(C)C.O=CN1CC[C@H]2NC[C@H](c3csc(-c4cccc(C(F)(F)F)c4)n3)[C@H]21. The van der Waals surface area contributed by atoms with Crippen LogP contribution in [0.15, 0.2) is 29.6 Å². The Bertz CT molecular complexity index is 1140. The number of fused-ring (bicyclic) bond motifs is 1. The van der Waals surface area contributed by atoms with Crippen molar-refractivity contribution in [1.82, 2.24) is 20.5 Å². The molecule has 216 valence electrons. The molecule has 4 rings (SSSR count). The minimum Gasteiger partial charge on any atom is -0.444 e. The summed E-state index contributed by atoms with van der Waals surface area (Å²) in [4.78, 5) is 29.0. The van der Waals surface area contributed by atoms with Gasteiger partial charge in [0.2, 0.25) is 6.41 Å². The molecule has 2 fully saturated rings. The largest absolute Gasteiger partial charge is 0.444 e. The number of nitrogens with one attached hydrogen (secondary N) is 2. The second kappa shape index (κ2) is 11.8. The van der Waals surface area contributed by atoms with Crippen molar-refractivity contribution in [3.8, 4) is 10.6 Å². The molecule has 3 heterocycles. The number of nitrogens with zero attached hydrogens (tertiary/aromatic N) is 2. The Kier molecular flexibility index (Phi) is 9.37. The van der Waals surface area contributed by atoms with E-state index >= 15 is 0 Å². The Morgan fingerprint density at radius 1 is 1.23 bits per heavy atom. The first-order chi connectivity index (χ1) is 18.0. The van der Waals surface area contributed by atoms with E-state index in [9.17, 15) is 22.8 Å². The number of ether oxygens (including phenoxy) is 1. The number of benzene rings is 1. The summed E-state index contributed by atoms with van der Waals surface area (Å²) in [5.41, 5.74) is 0.254. The lowest BCUT2D eigenvalue weighted by Gasteiger charge is -2.29. The molecule has 0 spiro atoms. The Morgan fingerprint density at radius 2 is 1.92 bits per heavy atom. The van der Waals surface area contributed by atoms with E-state index in [-0.39, 0.29) is 35.6 Å². The molecule has 0 radical (unpaired) electrons. The van der Waals surface area contributed by atoms with Gasteiger partial charge < -0.3 is 20.3 Å². The molecule has 2 aliphatic heterocycles. The number of halogens is 3. The lowest BCUT2D eigenvalue weighted by atomic mass is 9.88. The summed E-state index contributed by atoms with van der Waals surface area (Å²) in [5.74, 6) is 0.0773. The number of carbonyl (C=O) groups is 2. The topological polar surface area (TPSA) is 83.6 Å². The van der Waals surface area contributed by atoms with E-state index in [4.69, 9.17) is 4.74 Å². The van der Waals surface area contributed by atoms with E-state index in [1.165, 1.54) is 17.4 Å². The third kappa shape index (κ3) is 8.17. The molecule has 0 saturated carbocycles. The van der Waals surface area contributed by atoms with Crippen LogP contribution in [0.5, 0.6) is 0 Å². The second-order valence-electron chi connectivity index (χ2n) is 12.1. The number of amides is 2. The molecule has 2 aliphatic rings. The van der Waals surface area contributed by atoms with E-state index in [1.54, 1.807) is 11.0 Å². The van der Waals surface area contributed by atoms with Gasteiger partial charge >= 0.3 is 12.3 Å². The van der Waals surface area contributed by atoms with Crippen LogP contribution in [0.1, 0.15) is 72.1 Å². The van der Waals surface area contributed by atoms with E-state index in [0.29, 0.717) is 10.6 Å². The lowest BCUT2D eigenvalue weighted by Crippen LogP contribution is -2.43. The standard InChI is InChI=1S/C17H16F3N3OS.C11H23NO2/c18-17(19,20)11-3-1-2-10(6-11)16-22-14(8-25-16)12-7-21-13-4-5-23(9-24)15(12)13;1-8(10(2,3)4)12-9(13)14-11(5,6)7/h1-3,6,8-9,12-13,15,21H,4-5,7H2;8H,1-7H3,(H,12,13)/t12-,13-,15-;/m1./s1. The Hall–Kier alpha value is -2.66. The summed E-state index contributed by atoms with van der Waals surface area (Å²) in [7, 11) is 0. The van der Waals surface area contributed by atoms with Crippen LogP contribution in [0.3, 0.4) is 0 Å². The molecule has 1 aromatic heterocycles. The van der Waals surface area contributed by atoms with Gasteiger partial charge in [-0.1, -0.05) is 32.9 Å². The van der Waals surface area contributed by atoms with Crippen LogP contribution in [0.2, 0.25) is 0 Å². The molecule has 11 heteroatoms. The molecule has 4 atom stereocenters. The molecule has 2 N–H and O–H groups in total. The highest BCUT2D eigenvalue weighted by Gasteiger charge is 2.45. The fraction of sp³-hybridized carbons (Fsp3) is 0.607. The normalized spacial score (nSPS) is 22.0. The van der Waals surface area contributed by atoms with Crippen molar-refractivity contribution in [3.05, 3.63) is 40.9 Å². The maximum absolute atomic E-state index is 12.9. The van der Waals surface area contributed by atoms with Crippen LogP contribution in [0.4, 0.5) is 18.0 Å². The summed E-state index contributed by atoms with van der Waals surface area (Å²) in [5, 5.41) is 8.70. The number of aromatic nitrogens is 1. The third-order valence-corrected chi connectivity index (χ3v) is 7.92. The van der Waals surface area contributed by atoms with Gasteiger partial charge in [0.1, 0.15) is 10.6 Å². The molecular formula is C28H39F3N4O3S. The van der Waals surface area contributed by atoms with Gasteiger partial charge in [0.05, 0.1) is 17.3 Å². The van der Waals surface area contributed by atoms with E-state index in [0.717, 1.165) is 43.7 Å². The van der Waals surface area contributed by atoms with E-state index in [2.05, 4.69) is 36.4 Å². The summed E-state index contributed by atoms with van der Waals surface area (Å²) >= 11 is 1.34. The number of likely N-dealkylation sites (tertiary alicyclic amines) is 1. The van der Waals surface area contributed by atoms with Crippen LogP contribution in [-0.2, 0) is 15.7 Å². The van der Waals surface area contributed by atoms with Gasteiger partial charge in [-0.2, -0.15) is 13.2 Å². The van der Waals surface area contributed by atoms with Crippen LogP contribution >= 0.6 is 11.3 Å². The molecule has 0 bridgehead atoms. The molecule has 2 aromatic rings. The number of rotatable bonds is 4. The predicted molar refractivity (Wildman–Crippen MR) is 147 cm³/mol. The summed E-state index contributed by atoms with van der Waals surface area (Å²) in [6, 6.07) is 5.67. The van der Waals surface area contributed by atoms with E-state index in [1.807, 2.05) is 33.1 Å². The van der Waals surface area contributed by atoms with Gasteiger partial charge in [-0.15, -0.1) is 11.3 Å². The average molecular weight is 569 g/mol. The van der Waals surface area contributed by atoms with Crippen molar-refractivity contribution in [2.24, 2.45) is 5.41 Å². The summed E-state index contributed by atoms with van der Waals surface area (Å²) in [6.45, 7) is 15.2. The predicted octanol–water partition coefficient (Wildman–Crippen LogP) is 6.06. The Morgan fingerprint density at radius 3 is 2.51 bits per heavy atom. The lowest BCUT2D eigenvalue weighted by molar-refractivity contribution is -0.137. The van der Waals surface area contributed by atoms with Crippen LogP contribution in [0, 0.1) is 5.41 Å². The minimum atomic E-state index is -4.37. The average Bonchev–Trinajstić information content (AvgIpc) is 3.53. The molecule has 0 aliphatic carbocycles. The molecular weight excluding hydrogens is 529 g/mol. The fourth-order valence-electron chi connectivity index (χ4n) is 4.49. The Labute approximate surface area is 232 Å². The first-order valence-corrected chi connectivity index (χ1v) is 13.9. The first-order valence-electron chi connectivity index (χ1n) is 13.1. The van der Waals surface area contributed by atoms with Crippen molar-refractivity contribution in [3.63, 3.8) is 0 Å². The zero-order valence-corrected chi connectivity index (χ0v) is 24.4. The van der Waals surface area contributed by atoms with Crippen molar-refractivity contribution in [2.45, 2.75) is 90.7 Å². The highest BCUT2D eigenvalue weighted by molar-refractivity contribution is 7.13. The highest BCUT2D eigenvalue weighted by Crippen LogP contribution is 2.38. The molecule has 1 unspecified atom stereocenters. The molecule has 2 saturated heterocycles. The van der Waals surface area contributed by atoms with Gasteiger partial charge in [-0.3, -0.25) is 4.79 Å². The van der Waals surface area contributed by atoms with Gasteiger partial charge in [-0.25, -0.2) is 9.78 Å². The number of alkyl carbamates (subject to hydrolysis) is 1. The van der Waals surface area contributed by atoms with Crippen molar-refractivity contribution in [2.75, 3.05) is 13.1 Å². The molecule has 39 heavy (non-hydrogen) atoms. The Balaban J connectivity index is 0.000000258. The first kappa shape index (κ1) is 30.9. The smallest absolute Gasteiger partial charge is 0.416 e. The van der Waals surface area contributed by atoms with Gasteiger partial charge in [0.25, 0.3) is 0 Å². The van der Waals surface area contributed by atoms with Crippen LogP contribution < -0.4 is 10.6 Å². The molecule has 1 aromatic carbocycles. The number of carbonyl (C=O) groups excluding carboxylic acids is 2. The zero-order chi connectivity index (χ0) is 29.2. The van der Waals surface area contributed by atoms with Crippen LogP contribution in [0.25, 0.3) is 10.6 Å². The third-order valence-electron chi connectivity index (χ3n) is 7.01. The number of hydrogen-bond acceptors (Lipinski definition) is 6. The van der Waals surface area contributed by atoms with Gasteiger partial charge in [0.15, 0.2) is 0 Å². The maximum Gasteiger partial charge on any atom is 0.416 e. The molecule has 2 amide bonds. The van der Waals surface area contributed by atoms with Crippen LogP contribution in [-0.4, -0.2) is 59.2 Å². The van der Waals surface area contributed by atoms with Crippen molar-refractivity contribution < 1.29 is 27.5 Å². The summed E-state index contributed by atoms with van der Waals surface area (Å²) < 4.78 is 43.9. The number of thiazole rings is 1. The summed E-state index contributed by atoms with van der Waals surface area (Å²) in [6.07, 6.45) is -2.91.